The molecule has 23 heavy (non-hydrogen) atoms. The third-order valence-electron chi connectivity index (χ3n) is 2.95. The van der Waals surface area contributed by atoms with Crippen LogP contribution in [-0.2, 0) is 11.8 Å². The normalized spacial score (nSPS) is 10.0. The molecule has 8 heteroatoms. The number of benzene rings is 1. The molecular formula is C15H16BrN3O4. The Balaban J connectivity index is 1.78. The van der Waals surface area contributed by atoms with E-state index in [0.717, 1.165) is 4.47 Å². The number of ether oxygens (including phenoxy) is 2. The molecular weight excluding hydrogens is 366 g/mol. The lowest BCUT2D eigenvalue weighted by atomic mass is 10.3. The Bertz CT molecular complexity index is 697. The molecule has 0 aliphatic carbocycles. The standard InChI is InChI=1S/C15H16BrN3O4/c1-19-8-10(16)7-13(19)15(21)18-17-14(20)9-23-12-5-3-11(22-2)4-6-12/h3-8H,9H2,1-2H3,(H,17,20)(H,18,21). The molecule has 0 unspecified atom stereocenters. The van der Waals surface area contributed by atoms with Gasteiger partial charge in [0.1, 0.15) is 17.2 Å². The Morgan fingerprint density at radius 1 is 1.17 bits per heavy atom. The highest BCUT2D eigenvalue weighted by Gasteiger charge is 2.12. The molecule has 122 valence electrons. The Morgan fingerprint density at radius 2 is 1.83 bits per heavy atom. The number of aryl methyl sites for hydroxylation is 1. The highest BCUT2D eigenvalue weighted by Crippen LogP contribution is 2.16. The zero-order valence-electron chi connectivity index (χ0n) is 12.6. The summed E-state index contributed by atoms with van der Waals surface area (Å²) in [6.45, 7) is -0.219. The van der Waals surface area contributed by atoms with Gasteiger partial charge in [-0.05, 0) is 46.3 Å². The molecule has 7 nitrogen and oxygen atoms in total. The minimum atomic E-state index is -0.470. The van der Waals surface area contributed by atoms with E-state index in [1.807, 2.05) is 0 Å². The predicted octanol–water partition coefficient (Wildman–Crippen LogP) is 1.64. The van der Waals surface area contributed by atoms with Crippen molar-refractivity contribution in [3.63, 3.8) is 0 Å². The predicted molar refractivity (Wildman–Crippen MR) is 87.2 cm³/mol. The van der Waals surface area contributed by atoms with Crippen LogP contribution in [-0.4, -0.2) is 30.1 Å². The number of nitrogens with one attached hydrogen (secondary N) is 2. The SMILES string of the molecule is COc1ccc(OCC(=O)NNC(=O)c2cc(Br)cn2C)cc1. The molecule has 2 aromatic rings. The third kappa shape index (κ3) is 4.75. The zero-order valence-corrected chi connectivity index (χ0v) is 14.2. The second-order valence-corrected chi connectivity index (χ2v) is 5.54. The van der Waals surface area contributed by atoms with E-state index in [0.29, 0.717) is 17.2 Å². The van der Waals surface area contributed by atoms with Crippen LogP contribution in [0, 0.1) is 0 Å². The molecule has 0 saturated heterocycles. The molecule has 0 aliphatic heterocycles. The fourth-order valence-electron chi connectivity index (χ4n) is 1.80. The topological polar surface area (TPSA) is 81.6 Å². The molecule has 1 aromatic heterocycles. The van der Waals surface area contributed by atoms with Gasteiger partial charge in [-0.2, -0.15) is 0 Å². The lowest BCUT2D eigenvalue weighted by Crippen LogP contribution is -2.44. The number of aromatic nitrogens is 1. The summed E-state index contributed by atoms with van der Waals surface area (Å²) in [5, 5.41) is 0. The van der Waals surface area contributed by atoms with Crippen molar-refractivity contribution in [2.75, 3.05) is 13.7 Å². The van der Waals surface area contributed by atoms with Crippen LogP contribution in [0.2, 0.25) is 0 Å². The number of hydrogen-bond donors (Lipinski definition) is 2. The second-order valence-electron chi connectivity index (χ2n) is 4.62. The van der Waals surface area contributed by atoms with E-state index >= 15 is 0 Å². The summed E-state index contributed by atoms with van der Waals surface area (Å²) in [7, 11) is 3.30. The van der Waals surface area contributed by atoms with Gasteiger partial charge in [0.25, 0.3) is 11.8 Å². The van der Waals surface area contributed by atoms with E-state index < -0.39 is 11.8 Å². The van der Waals surface area contributed by atoms with Crippen LogP contribution in [0.25, 0.3) is 0 Å². The molecule has 2 rings (SSSR count). The number of amides is 2. The summed E-state index contributed by atoms with van der Waals surface area (Å²) in [6, 6.07) is 8.47. The lowest BCUT2D eigenvalue weighted by molar-refractivity contribution is -0.123. The molecule has 0 saturated carbocycles. The maximum absolute atomic E-state index is 11.9. The highest BCUT2D eigenvalue weighted by molar-refractivity contribution is 9.10. The summed E-state index contributed by atoms with van der Waals surface area (Å²) >= 11 is 3.28. The van der Waals surface area contributed by atoms with E-state index in [1.165, 1.54) is 0 Å². The van der Waals surface area contributed by atoms with Gasteiger partial charge in [-0.1, -0.05) is 0 Å². The number of hydrazine groups is 1. The minimum absolute atomic E-state index is 0.219. The molecule has 0 aliphatic rings. The molecule has 2 amide bonds. The molecule has 0 bridgehead atoms. The maximum atomic E-state index is 11.9. The molecule has 1 heterocycles. The van der Waals surface area contributed by atoms with Crippen molar-refractivity contribution in [2.45, 2.75) is 0 Å². The summed E-state index contributed by atoms with van der Waals surface area (Å²) in [5.74, 6) is 0.333. The van der Waals surface area contributed by atoms with Crippen molar-refractivity contribution < 1.29 is 19.1 Å². The maximum Gasteiger partial charge on any atom is 0.286 e. The van der Waals surface area contributed by atoms with Crippen molar-refractivity contribution in [3.05, 3.63) is 46.7 Å². The largest absolute Gasteiger partial charge is 0.497 e. The van der Waals surface area contributed by atoms with Crippen LogP contribution in [0.1, 0.15) is 10.5 Å². The van der Waals surface area contributed by atoms with Crippen LogP contribution in [0.15, 0.2) is 41.0 Å². The lowest BCUT2D eigenvalue weighted by Gasteiger charge is -2.09. The van der Waals surface area contributed by atoms with Gasteiger partial charge in [-0.3, -0.25) is 20.4 Å². The first-order valence-corrected chi connectivity index (χ1v) is 7.47. The quantitative estimate of drug-likeness (QED) is 0.771. The fourth-order valence-corrected chi connectivity index (χ4v) is 2.32. The summed E-state index contributed by atoms with van der Waals surface area (Å²) < 4.78 is 12.7. The third-order valence-corrected chi connectivity index (χ3v) is 3.38. The van der Waals surface area contributed by atoms with E-state index in [4.69, 9.17) is 9.47 Å². The number of carbonyl (C=O) groups excluding carboxylic acids is 2. The monoisotopic (exact) mass is 381 g/mol. The van der Waals surface area contributed by atoms with Crippen molar-refractivity contribution in [1.82, 2.24) is 15.4 Å². The fraction of sp³-hybridized carbons (Fsp3) is 0.200. The number of halogens is 1. The van der Waals surface area contributed by atoms with Crippen molar-refractivity contribution in [3.8, 4) is 11.5 Å². The number of nitrogens with zero attached hydrogens (tertiary/aromatic N) is 1. The number of methoxy groups -OCH3 is 1. The molecule has 2 N–H and O–H groups in total. The molecule has 1 aromatic carbocycles. The molecule has 0 atom stereocenters. The van der Waals surface area contributed by atoms with E-state index in [2.05, 4.69) is 26.8 Å². The van der Waals surface area contributed by atoms with Crippen LogP contribution in [0.3, 0.4) is 0 Å². The summed E-state index contributed by atoms with van der Waals surface area (Å²) in [5.41, 5.74) is 5.03. The first-order valence-electron chi connectivity index (χ1n) is 6.67. The van der Waals surface area contributed by atoms with Gasteiger partial charge >= 0.3 is 0 Å². The van der Waals surface area contributed by atoms with E-state index in [-0.39, 0.29) is 6.61 Å². The smallest absolute Gasteiger partial charge is 0.286 e. The van der Waals surface area contributed by atoms with Crippen LogP contribution in [0.5, 0.6) is 11.5 Å². The summed E-state index contributed by atoms with van der Waals surface area (Å²) in [4.78, 5) is 23.6. The number of hydrogen-bond acceptors (Lipinski definition) is 4. The van der Waals surface area contributed by atoms with E-state index in [9.17, 15) is 9.59 Å². The number of rotatable bonds is 5. The molecule has 0 fully saturated rings. The average Bonchev–Trinajstić information content (AvgIpc) is 2.89. The highest BCUT2D eigenvalue weighted by atomic mass is 79.9. The van der Waals surface area contributed by atoms with Gasteiger partial charge < -0.3 is 14.0 Å². The van der Waals surface area contributed by atoms with Crippen LogP contribution >= 0.6 is 15.9 Å². The van der Waals surface area contributed by atoms with Gasteiger partial charge in [-0.15, -0.1) is 0 Å². The average molecular weight is 382 g/mol. The first kappa shape index (κ1) is 16.9. The van der Waals surface area contributed by atoms with Gasteiger partial charge in [0.2, 0.25) is 0 Å². The minimum Gasteiger partial charge on any atom is -0.497 e. The Kier molecular flexibility index (Phi) is 5.64. The summed E-state index contributed by atoms with van der Waals surface area (Å²) in [6.07, 6.45) is 1.74. The molecule has 0 spiro atoms. The van der Waals surface area contributed by atoms with Crippen molar-refractivity contribution >= 4 is 27.7 Å². The van der Waals surface area contributed by atoms with Crippen molar-refractivity contribution in [2.24, 2.45) is 7.05 Å². The Labute approximate surface area is 141 Å². The zero-order chi connectivity index (χ0) is 16.8. The van der Waals surface area contributed by atoms with Gasteiger partial charge in [0.15, 0.2) is 6.61 Å². The number of carbonyl (C=O) groups is 2. The Morgan fingerprint density at radius 3 is 2.39 bits per heavy atom. The van der Waals surface area contributed by atoms with Crippen molar-refractivity contribution in [1.29, 1.82) is 0 Å². The van der Waals surface area contributed by atoms with Gasteiger partial charge in [0, 0.05) is 17.7 Å². The molecule has 0 radical (unpaired) electrons. The second kappa shape index (κ2) is 7.68. The van der Waals surface area contributed by atoms with Crippen LogP contribution < -0.4 is 20.3 Å². The first-order chi connectivity index (χ1) is 11.0. The van der Waals surface area contributed by atoms with E-state index in [1.54, 1.807) is 55.3 Å². The van der Waals surface area contributed by atoms with Crippen LogP contribution in [0.4, 0.5) is 0 Å². The van der Waals surface area contributed by atoms with Gasteiger partial charge in [0.05, 0.1) is 7.11 Å². The van der Waals surface area contributed by atoms with Gasteiger partial charge in [-0.25, -0.2) is 0 Å². The Hall–Kier alpha value is -2.48.